The molecule has 1 amide bonds. The molecule has 1 saturated heterocycles. The van der Waals surface area contributed by atoms with E-state index in [1.807, 2.05) is 25.1 Å². The first-order chi connectivity index (χ1) is 13.1. The van der Waals surface area contributed by atoms with E-state index in [0.29, 0.717) is 37.6 Å². The summed E-state index contributed by atoms with van der Waals surface area (Å²) in [5.74, 6) is 0.328. The number of halogens is 1. The number of nitrogens with zero attached hydrogens (tertiary/aromatic N) is 3. The molecule has 0 unspecified atom stereocenters. The SMILES string of the molecule is CCc1nc(C(N)=O)c(Nc2ccc3c(c2)OC[C@H]2COCCN32)nc1Cl. The fourth-order valence-corrected chi connectivity index (χ4v) is 3.57. The van der Waals surface area contributed by atoms with Crippen molar-refractivity contribution in [2.24, 2.45) is 5.73 Å². The largest absolute Gasteiger partial charge is 0.489 e. The monoisotopic (exact) mass is 389 g/mol. The third-order valence-corrected chi connectivity index (χ3v) is 4.98. The normalized spacial score (nSPS) is 18.3. The fraction of sp³-hybridized carbons (Fsp3) is 0.389. The van der Waals surface area contributed by atoms with Gasteiger partial charge in [-0.2, -0.15) is 0 Å². The molecule has 0 aliphatic carbocycles. The van der Waals surface area contributed by atoms with Crippen LogP contribution in [0, 0.1) is 0 Å². The molecular weight excluding hydrogens is 370 g/mol. The van der Waals surface area contributed by atoms with E-state index in [4.69, 9.17) is 26.8 Å². The van der Waals surface area contributed by atoms with Crippen molar-refractivity contribution in [1.29, 1.82) is 0 Å². The number of primary amides is 1. The zero-order valence-electron chi connectivity index (χ0n) is 14.9. The molecule has 3 heterocycles. The second-order valence-electron chi connectivity index (χ2n) is 6.42. The van der Waals surface area contributed by atoms with Gasteiger partial charge in [0.15, 0.2) is 16.7 Å². The molecule has 4 rings (SSSR count). The van der Waals surface area contributed by atoms with Crippen LogP contribution in [0.2, 0.25) is 5.15 Å². The number of carbonyl (C=O) groups excluding carboxylic acids is 1. The van der Waals surface area contributed by atoms with Crippen LogP contribution in [0.5, 0.6) is 5.75 Å². The van der Waals surface area contributed by atoms with Crippen molar-refractivity contribution >= 4 is 34.7 Å². The highest BCUT2D eigenvalue weighted by Crippen LogP contribution is 2.37. The van der Waals surface area contributed by atoms with Crippen molar-refractivity contribution in [3.63, 3.8) is 0 Å². The fourth-order valence-electron chi connectivity index (χ4n) is 3.31. The molecule has 3 N–H and O–H groups in total. The third-order valence-electron chi connectivity index (χ3n) is 4.68. The van der Waals surface area contributed by atoms with Crippen LogP contribution in [-0.2, 0) is 11.2 Å². The van der Waals surface area contributed by atoms with Crippen LogP contribution in [0.15, 0.2) is 18.2 Å². The topological polar surface area (TPSA) is 103 Å². The molecule has 0 bridgehead atoms. The van der Waals surface area contributed by atoms with Gasteiger partial charge >= 0.3 is 0 Å². The van der Waals surface area contributed by atoms with E-state index in [-0.39, 0.29) is 22.7 Å². The lowest BCUT2D eigenvalue weighted by molar-refractivity contribution is 0.0705. The average molecular weight is 390 g/mol. The Balaban J connectivity index is 1.64. The summed E-state index contributed by atoms with van der Waals surface area (Å²) in [7, 11) is 0. The minimum atomic E-state index is -0.665. The molecule has 1 aromatic heterocycles. The standard InChI is InChI=1S/C18H20ClN5O3/c1-2-12-16(19)23-18(15(22-12)17(20)25)21-10-3-4-13-14(7-10)27-9-11-8-26-6-5-24(11)13/h3-4,7,11H,2,5-6,8-9H2,1H3,(H2,20,25)(H,21,23)/t11-/m1/s1. The number of amides is 1. The second kappa shape index (κ2) is 7.21. The van der Waals surface area contributed by atoms with Crippen LogP contribution in [0.25, 0.3) is 0 Å². The van der Waals surface area contributed by atoms with Gasteiger partial charge in [-0.25, -0.2) is 9.97 Å². The second-order valence-corrected chi connectivity index (χ2v) is 6.77. The quantitative estimate of drug-likeness (QED) is 0.825. The molecule has 0 spiro atoms. The number of rotatable bonds is 4. The molecule has 142 valence electrons. The summed E-state index contributed by atoms with van der Waals surface area (Å²) >= 11 is 6.16. The van der Waals surface area contributed by atoms with Gasteiger partial charge in [0.2, 0.25) is 0 Å². The van der Waals surface area contributed by atoms with Gasteiger partial charge in [0, 0.05) is 18.3 Å². The number of aryl methyl sites for hydroxylation is 1. The molecule has 8 nitrogen and oxygen atoms in total. The molecular formula is C18H20ClN5O3. The van der Waals surface area contributed by atoms with Gasteiger partial charge < -0.3 is 25.4 Å². The Morgan fingerprint density at radius 3 is 3.04 bits per heavy atom. The van der Waals surface area contributed by atoms with Gasteiger partial charge in [-0.3, -0.25) is 4.79 Å². The van der Waals surface area contributed by atoms with Crippen LogP contribution in [0.1, 0.15) is 23.1 Å². The summed E-state index contributed by atoms with van der Waals surface area (Å²) in [5.41, 5.74) is 7.78. The van der Waals surface area contributed by atoms with Crippen LogP contribution < -0.4 is 20.7 Å². The predicted molar refractivity (Wildman–Crippen MR) is 102 cm³/mol. The Bertz CT molecular complexity index is 892. The van der Waals surface area contributed by atoms with E-state index in [2.05, 4.69) is 20.2 Å². The van der Waals surface area contributed by atoms with Crippen LogP contribution >= 0.6 is 11.6 Å². The molecule has 1 aromatic carbocycles. The lowest BCUT2D eigenvalue weighted by atomic mass is 10.1. The number of morpholine rings is 1. The maximum Gasteiger partial charge on any atom is 0.271 e. The highest BCUT2D eigenvalue weighted by Gasteiger charge is 2.30. The summed E-state index contributed by atoms with van der Waals surface area (Å²) in [6.07, 6.45) is 0.555. The number of carbonyl (C=O) groups is 1. The smallest absolute Gasteiger partial charge is 0.271 e. The zero-order chi connectivity index (χ0) is 19.0. The third kappa shape index (κ3) is 3.38. The Hall–Kier alpha value is -2.58. The number of anilines is 3. The van der Waals surface area contributed by atoms with E-state index in [1.54, 1.807) is 0 Å². The van der Waals surface area contributed by atoms with E-state index in [1.165, 1.54) is 0 Å². The highest BCUT2D eigenvalue weighted by molar-refractivity contribution is 6.30. The maximum absolute atomic E-state index is 11.8. The Morgan fingerprint density at radius 2 is 2.26 bits per heavy atom. The number of hydrogen-bond donors (Lipinski definition) is 2. The number of nitrogens with two attached hydrogens (primary N) is 1. The summed E-state index contributed by atoms with van der Waals surface area (Å²) in [4.78, 5) is 22.6. The molecule has 2 aliphatic heterocycles. The molecule has 9 heteroatoms. The van der Waals surface area contributed by atoms with Crippen molar-refractivity contribution in [3.05, 3.63) is 34.7 Å². The van der Waals surface area contributed by atoms with Crippen LogP contribution in [0.3, 0.4) is 0 Å². The van der Waals surface area contributed by atoms with E-state index >= 15 is 0 Å². The van der Waals surface area contributed by atoms with Crippen molar-refractivity contribution in [2.45, 2.75) is 19.4 Å². The number of aromatic nitrogens is 2. The zero-order valence-corrected chi connectivity index (χ0v) is 15.6. The van der Waals surface area contributed by atoms with E-state index in [9.17, 15) is 4.79 Å². The molecule has 0 radical (unpaired) electrons. The Morgan fingerprint density at radius 1 is 1.41 bits per heavy atom. The molecule has 0 saturated carbocycles. The van der Waals surface area contributed by atoms with Crippen molar-refractivity contribution in [3.8, 4) is 5.75 Å². The first-order valence-electron chi connectivity index (χ1n) is 8.81. The van der Waals surface area contributed by atoms with Gasteiger partial charge in [0.1, 0.15) is 12.4 Å². The summed E-state index contributed by atoms with van der Waals surface area (Å²) in [5, 5.41) is 3.33. The minimum Gasteiger partial charge on any atom is -0.489 e. The lowest BCUT2D eigenvalue weighted by Crippen LogP contribution is -2.51. The van der Waals surface area contributed by atoms with Crippen molar-refractivity contribution in [2.75, 3.05) is 36.6 Å². The van der Waals surface area contributed by atoms with Gasteiger partial charge in [-0.05, 0) is 18.6 Å². The summed E-state index contributed by atoms with van der Waals surface area (Å²) in [6.45, 7) is 4.65. The lowest BCUT2D eigenvalue weighted by Gasteiger charge is -2.41. The summed E-state index contributed by atoms with van der Waals surface area (Å²) in [6, 6.07) is 5.98. The maximum atomic E-state index is 11.8. The molecule has 1 atom stereocenters. The Kier molecular flexibility index (Phi) is 4.75. The number of benzene rings is 1. The molecule has 1 fully saturated rings. The Labute approximate surface area is 161 Å². The van der Waals surface area contributed by atoms with Crippen molar-refractivity contribution in [1.82, 2.24) is 9.97 Å². The first kappa shape index (κ1) is 17.8. The van der Waals surface area contributed by atoms with Gasteiger partial charge in [-0.1, -0.05) is 18.5 Å². The summed E-state index contributed by atoms with van der Waals surface area (Å²) < 4.78 is 11.4. The van der Waals surface area contributed by atoms with E-state index < -0.39 is 5.91 Å². The number of hydrogen-bond acceptors (Lipinski definition) is 7. The molecule has 2 aromatic rings. The number of ether oxygens (including phenoxy) is 2. The van der Waals surface area contributed by atoms with Gasteiger partial charge in [0.25, 0.3) is 5.91 Å². The molecule has 2 aliphatic rings. The van der Waals surface area contributed by atoms with Crippen LogP contribution in [0.4, 0.5) is 17.2 Å². The van der Waals surface area contributed by atoms with Gasteiger partial charge in [-0.15, -0.1) is 0 Å². The highest BCUT2D eigenvalue weighted by atomic mass is 35.5. The van der Waals surface area contributed by atoms with E-state index in [0.717, 1.165) is 18.0 Å². The van der Waals surface area contributed by atoms with Gasteiger partial charge in [0.05, 0.1) is 30.6 Å². The number of nitrogens with one attached hydrogen (secondary N) is 1. The number of fused-ring (bicyclic) bond motifs is 3. The predicted octanol–water partition coefficient (Wildman–Crippen LogP) is 2.13. The minimum absolute atomic E-state index is 0.0585. The van der Waals surface area contributed by atoms with Crippen LogP contribution in [-0.4, -0.2) is 48.3 Å². The molecule has 27 heavy (non-hydrogen) atoms. The first-order valence-corrected chi connectivity index (χ1v) is 9.19. The average Bonchev–Trinajstić information content (AvgIpc) is 2.67. The van der Waals surface area contributed by atoms with Crippen molar-refractivity contribution < 1.29 is 14.3 Å².